The zero-order valence-electron chi connectivity index (χ0n) is 8.37. The number of carboxylic acids is 1. The summed E-state index contributed by atoms with van der Waals surface area (Å²) in [6.07, 6.45) is 3.43. The number of aromatic amines is 1. The molecule has 0 saturated heterocycles. The molecule has 2 rings (SSSR count). The van der Waals surface area contributed by atoms with Crippen LogP contribution in [0.4, 0.5) is 0 Å². The van der Waals surface area contributed by atoms with Gasteiger partial charge in [-0.1, -0.05) is 13.8 Å². The fourth-order valence-electron chi connectivity index (χ4n) is 2.25. The molecule has 2 N–H and O–H groups in total. The van der Waals surface area contributed by atoms with Gasteiger partial charge in [0.15, 0.2) is 0 Å². The van der Waals surface area contributed by atoms with Gasteiger partial charge in [-0.25, -0.2) is 0 Å². The highest BCUT2D eigenvalue weighted by molar-refractivity contribution is 5.77. The Labute approximate surface area is 82.3 Å². The molecule has 0 amide bonds. The fourth-order valence-corrected chi connectivity index (χ4v) is 2.25. The van der Waals surface area contributed by atoms with Crippen molar-refractivity contribution < 1.29 is 9.90 Å². The van der Waals surface area contributed by atoms with Gasteiger partial charge >= 0.3 is 5.97 Å². The number of fused-ring (bicyclic) bond motifs is 1. The second kappa shape index (κ2) is 2.83. The molecule has 1 aliphatic rings. The van der Waals surface area contributed by atoms with Gasteiger partial charge in [-0.05, 0) is 18.3 Å². The number of carboxylic acid groups (broad SMARTS) is 1. The van der Waals surface area contributed by atoms with Gasteiger partial charge in [0.05, 0.1) is 12.1 Å². The third kappa shape index (κ3) is 1.22. The van der Waals surface area contributed by atoms with Gasteiger partial charge in [0.2, 0.25) is 0 Å². The molecule has 1 aromatic rings. The molecule has 1 heterocycles. The Kier molecular flexibility index (Phi) is 1.87. The van der Waals surface area contributed by atoms with Gasteiger partial charge in [-0.2, -0.15) is 5.10 Å². The molecule has 1 unspecified atom stereocenters. The standard InChI is InChI=1S/C10H14N2O2/c1-10(2)4-3-7-6(5-11-12-7)8(10)9(13)14/h5,8H,3-4H2,1-2H3,(H,11,12)(H,13,14). The van der Waals surface area contributed by atoms with Gasteiger partial charge in [-0.3, -0.25) is 9.89 Å². The van der Waals surface area contributed by atoms with E-state index >= 15 is 0 Å². The van der Waals surface area contributed by atoms with E-state index in [9.17, 15) is 9.90 Å². The Hall–Kier alpha value is -1.32. The molecule has 0 saturated carbocycles. The molecule has 0 radical (unpaired) electrons. The van der Waals surface area contributed by atoms with E-state index in [1.54, 1.807) is 6.20 Å². The van der Waals surface area contributed by atoms with Crippen molar-refractivity contribution >= 4 is 5.97 Å². The van der Waals surface area contributed by atoms with E-state index in [1.807, 2.05) is 13.8 Å². The highest BCUT2D eigenvalue weighted by Crippen LogP contribution is 2.44. The third-order valence-corrected chi connectivity index (χ3v) is 3.11. The monoisotopic (exact) mass is 194 g/mol. The van der Waals surface area contributed by atoms with Gasteiger partial charge in [-0.15, -0.1) is 0 Å². The van der Waals surface area contributed by atoms with Crippen LogP contribution >= 0.6 is 0 Å². The molecule has 0 aromatic carbocycles. The first-order valence-corrected chi connectivity index (χ1v) is 4.77. The van der Waals surface area contributed by atoms with E-state index in [-0.39, 0.29) is 5.41 Å². The Morgan fingerprint density at radius 1 is 1.71 bits per heavy atom. The van der Waals surface area contributed by atoms with Crippen molar-refractivity contribution in [1.29, 1.82) is 0 Å². The number of nitrogens with one attached hydrogen (secondary N) is 1. The van der Waals surface area contributed by atoms with Gasteiger partial charge < -0.3 is 5.11 Å². The molecule has 4 heteroatoms. The summed E-state index contributed by atoms with van der Waals surface area (Å²) >= 11 is 0. The van der Waals surface area contributed by atoms with Crippen LogP contribution in [-0.4, -0.2) is 21.3 Å². The molecule has 1 aliphatic carbocycles. The van der Waals surface area contributed by atoms with Crippen LogP contribution in [0.3, 0.4) is 0 Å². The molecular formula is C10H14N2O2. The summed E-state index contributed by atoms with van der Waals surface area (Å²) in [4.78, 5) is 11.2. The summed E-state index contributed by atoms with van der Waals surface area (Å²) in [6, 6.07) is 0. The van der Waals surface area contributed by atoms with E-state index in [0.29, 0.717) is 0 Å². The van der Waals surface area contributed by atoms with E-state index in [2.05, 4.69) is 10.2 Å². The normalized spacial score (nSPS) is 24.3. The van der Waals surface area contributed by atoms with Crippen LogP contribution in [0.25, 0.3) is 0 Å². The fraction of sp³-hybridized carbons (Fsp3) is 0.600. The molecule has 4 nitrogen and oxygen atoms in total. The van der Waals surface area contributed by atoms with Crippen molar-refractivity contribution in [3.05, 3.63) is 17.5 Å². The number of aryl methyl sites for hydroxylation is 1. The zero-order chi connectivity index (χ0) is 10.3. The first-order chi connectivity index (χ1) is 6.52. The van der Waals surface area contributed by atoms with Crippen molar-refractivity contribution in [2.45, 2.75) is 32.6 Å². The largest absolute Gasteiger partial charge is 0.481 e. The first-order valence-electron chi connectivity index (χ1n) is 4.77. The van der Waals surface area contributed by atoms with Crippen LogP contribution in [0.5, 0.6) is 0 Å². The highest BCUT2D eigenvalue weighted by atomic mass is 16.4. The second-order valence-electron chi connectivity index (χ2n) is 4.56. The predicted molar refractivity (Wildman–Crippen MR) is 51.1 cm³/mol. The molecule has 76 valence electrons. The number of rotatable bonds is 1. The summed E-state index contributed by atoms with van der Waals surface area (Å²) in [5.74, 6) is -1.18. The lowest BCUT2D eigenvalue weighted by Crippen LogP contribution is -2.33. The molecule has 0 aliphatic heterocycles. The van der Waals surface area contributed by atoms with Crippen molar-refractivity contribution in [2.24, 2.45) is 5.41 Å². The Morgan fingerprint density at radius 2 is 2.43 bits per heavy atom. The maximum atomic E-state index is 11.2. The summed E-state index contributed by atoms with van der Waals surface area (Å²) < 4.78 is 0. The minimum Gasteiger partial charge on any atom is -0.481 e. The van der Waals surface area contributed by atoms with E-state index < -0.39 is 11.9 Å². The van der Waals surface area contributed by atoms with Gasteiger partial charge in [0.1, 0.15) is 0 Å². The maximum Gasteiger partial charge on any atom is 0.311 e. The third-order valence-electron chi connectivity index (χ3n) is 3.11. The smallest absolute Gasteiger partial charge is 0.311 e. The van der Waals surface area contributed by atoms with Gasteiger partial charge in [0.25, 0.3) is 0 Å². The van der Waals surface area contributed by atoms with Crippen LogP contribution in [-0.2, 0) is 11.2 Å². The number of carbonyl (C=O) groups is 1. The number of aliphatic carboxylic acids is 1. The minimum absolute atomic E-state index is 0.178. The van der Waals surface area contributed by atoms with Crippen molar-refractivity contribution in [1.82, 2.24) is 10.2 Å². The number of hydrogen-bond acceptors (Lipinski definition) is 2. The minimum atomic E-state index is -0.752. The molecule has 0 fully saturated rings. The first kappa shape index (κ1) is 9.24. The van der Waals surface area contributed by atoms with Crippen LogP contribution in [0, 0.1) is 5.41 Å². The van der Waals surface area contributed by atoms with Crippen LogP contribution in [0.1, 0.15) is 37.4 Å². The molecule has 1 atom stereocenters. The SMILES string of the molecule is CC1(C)CCc2[nH]ncc2C1C(=O)O. The average Bonchev–Trinajstić information content (AvgIpc) is 2.48. The predicted octanol–water partition coefficient (Wildman–Crippen LogP) is 1.55. The number of hydrogen-bond donors (Lipinski definition) is 2. The highest BCUT2D eigenvalue weighted by Gasteiger charge is 2.41. The molecule has 14 heavy (non-hydrogen) atoms. The van der Waals surface area contributed by atoms with E-state index in [1.165, 1.54) is 0 Å². The molecule has 1 aromatic heterocycles. The van der Waals surface area contributed by atoms with Crippen LogP contribution in [0.15, 0.2) is 6.20 Å². The lowest BCUT2D eigenvalue weighted by atomic mass is 9.68. The molecule has 0 bridgehead atoms. The Balaban J connectivity index is 2.49. The molecular weight excluding hydrogens is 180 g/mol. The van der Waals surface area contributed by atoms with Crippen molar-refractivity contribution in [2.75, 3.05) is 0 Å². The zero-order valence-corrected chi connectivity index (χ0v) is 8.37. The average molecular weight is 194 g/mol. The summed E-state index contributed by atoms with van der Waals surface area (Å²) in [5, 5.41) is 16.0. The second-order valence-corrected chi connectivity index (χ2v) is 4.56. The van der Waals surface area contributed by atoms with Crippen LogP contribution in [0.2, 0.25) is 0 Å². The lowest BCUT2D eigenvalue weighted by molar-refractivity contribution is -0.142. The maximum absolute atomic E-state index is 11.2. The number of H-pyrrole nitrogens is 1. The van der Waals surface area contributed by atoms with E-state index in [0.717, 1.165) is 24.1 Å². The topological polar surface area (TPSA) is 66.0 Å². The summed E-state index contributed by atoms with van der Waals surface area (Å²) in [6.45, 7) is 4.00. The quantitative estimate of drug-likeness (QED) is 0.712. The number of nitrogens with zero attached hydrogens (tertiary/aromatic N) is 1. The van der Waals surface area contributed by atoms with E-state index in [4.69, 9.17) is 0 Å². The molecule has 0 spiro atoms. The number of aromatic nitrogens is 2. The Morgan fingerprint density at radius 3 is 3.07 bits per heavy atom. The lowest BCUT2D eigenvalue weighted by Gasteiger charge is -2.35. The van der Waals surface area contributed by atoms with Crippen molar-refractivity contribution in [3.63, 3.8) is 0 Å². The summed E-state index contributed by atoms with van der Waals surface area (Å²) in [5.41, 5.74) is 1.66. The van der Waals surface area contributed by atoms with Gasteiger partial charge in [0, 0.05) is 11.3 Å². The summed E-state index contributed by atoms with van der Waals surface area (Å²) in [7, 11) is 0. The Bertz CT molecular complexity index is 368. The van der Waals surface area contributed by atoms with Crippen molar-refractivity contribution in [3.8, 4) is 0 Å². The van der Waals surface area contributed by atoms with Crippen LogP contribution < -0.4 is 0 Å².